The van der Waals surface area contributed by atoms with Crippen LogP contribution >= 0.6 is 11.3 Å². The highest BCUT2D eigenvalue weighted by Gasteiger charge is 2.10. The Balaban J connectivity index is 1.60. The maximum absolute atomic E-state index is 12.2. The Bertz CT molecular complexity index is 823. The van der Waals surface area contributed by atoms with Gasteiger partial charge in [-0.1, -0.05) is 24.3 Å². The second-order valence-corrected chi connectivity index (χ2v) is 6.53. The Morgan fingerprint density at radius 3 is 2.62 bits per heavy atom. The predicted octanol–water partition coefficient (Wildman–Crippen LogP) is 4.39. The molecule has 0 atom stereocenters. The molecular weight excluding hydrogens is 318 g/mol. The summed E-state index contributed by atoms with van der Waals surface area (Å²) in [6.07, 6.45) is 2.80. The number of rotatable bonds is 5. The molecule has 0 aliphatic carbocycles. The summed E-state index contributed by atoms with van der Waals surface area (Å²) in [4.78, 5) is 21.1. The first kappa shape index (κ1) is 16.3. The Kier molecular flexibility index (Phi) is 5.01. The van der Waals surface area contributed by atoms with E-state index < -0.39 is 0 Å². The molecule has 1 aromatic carbocycles. The van der Waals surface area contributed by atoms with Crippen LogP contribution in [0.3, 0.4) is 0 Å². The Morgan fingerprint density at radius 1 is 1.12 bits per heavy atom. The largest absolute Gasteiger partial charge is 0.326 e. The zero-order valence-electron chi connectivity index (χ0n) is 13.7. The van der Waals surface area contributed by atoms with Gasteiger partial charge in [-0.15, -0.1) is 11.3 Å². The van der Waals surface area contributed by atoms with Crippen LogP contribution in [0.15, 0.2) is 48.0 Å². The van der Waals surface area contributed by atoms with Crippen LogP contribution in [0.4, 0.5) is 5.69 Å². The molecule has 5 heteroatoms. The number of benzene rings is 1. The first-order valence-corrected chi connectivity index (χ1v) is 8.73. The van der Waals surface area contributed by atoms with Crippen molar-refractivity contribution in [3.05, 3.63) is 64.8 Å². The summed E-state index contributed by atoms with van der Waals surface area (Å²) in [5.41, 5.74) is 4.87. The van der Waals surface area contributed by atoms with Crippen molar-refractivity contribution in [3.63, 3.8) is 0 Å². The highest BCUT2D eigenvalue weighted by molar-refractivity contribution is 7.13. The monoisotopic (exact) mass is 337 g/mol. The topological polar surface area (TPSA) is 54.9 Å². The van der Waals surface area contributed by atoms with Gasteiger partial charge in [-0.25, -0.2) is 4.98 Å². The van der Waals surface area contributed by atoms with E-state index in [2.05, 4.69) is 15.3 Å². The van der Waals surface area contributed by atoms with Gasteiger partial charge in [0.15, 0.2) is 0 Å². The van der Waals surface area contributed by atoms with Gasteiger partial charge in [0.05, 0.1) is 11.4 Å². The van der Waals surface area contributed by atoms with E-state index in [1.165, 1.54) is 0 Å². The van der Waals surface area contributed by atoms with Crippen molar-refractivity contribution < 1.29 is 4.79 Å². The number of carbonyl (C=O) groups excluding carboxylic acids is 1. The fourth-order valence-corrected chi connectivity index (χ4v) is 3.31. The van der Waals surface area contributed by atoms with E-state index in [1.54, 1.807) is 17.5 Å². The Labute approximate surface area is 145 Å². The van der Waals surface area contributed by atoms with Crippen molar-refractivity contribution in [2.75, 3.05) is 5.32 Å². The summed E-state index contributed by atoms with van der Waals surface area (Å²) < 4.78 is 0. The zero-order valence-corrected chi connectivity index (χ0v) is 14.6. The molecule has 0 saturated carbocycles. The van der Waals surface area contributed by atoms with Gasteiger partial charge < -0.3 is 5.32 Å². The first-order chi connectivity index (χ1) is 11.6. The molecule has 0 fully saturated rings. The number of aromatic nitrogens is 2. The number of carbonyl (C=O) groups is 1. The third-order valence-electron chi connectivity index (χ3n) is 3.79. The predicted molar refractivity (Wildman–Crippen MR) is 98.2 cm³/mol. The third kappa shape index (κ3) is 3.86. The zero-order chi connectivity index (χ0) is 16.9. The molecule has 2 heterocycles. The molecule has 1 amide bonds. The number of nitrogens with zero attached hydrogens (tertiary/aromatic N) is 2. The van der Waals surface area contributed by atoms with Crippen molar-refractivity contribution in [1.29, 1.82) is 0 Å². The highest BCUT2D eigenvalue weighted by atomic mass is 32.1. The molecule has 0 unspecified atom stereocenters. The van der Waals surface area contributed by atoms with E-state index >= 15 is 0 Å². The molecule has 0 spiro atoms. The third-order valence-corrected chi connectivity index (χ3v) is 4.70. The molecule has 0 aliphatic rings. The van der Waals surface area contributed by atoms with Crippen LogP contribution in [0.2, 0.25) is 0 Å². The molecule has 1 N–H and O–H groups in total. The highest BCUT2D eigenvalue weighted by Crippen LogP contribution is 2.23. The van der Waals surface area contributed by atoms with Crippen LogP contribution in [0.1, 0.15) is 23.2 Å². The lowest BCUT2D eigenvalue weighted by molar-refractivity contribution is -0.116. The molecule has 4 nitrogen and oxygen atoms in total. The number of thiazole rings is 1. The van der Waals surface area contributed by atoms with E-state index in [1.807, 2.05) is 55.6 Å². The number of hydrogen-bond acceptors (Lipinski definition) is 4. The molecule has 0 saturated heterocycles. The summed E-state index contributed by atoms with van der Waals surface area (Å²) in [5, 5.41) is 5.90. The quantitative estimate of drug-likeness (QED) is 0.751. The number of amides is 1. The SMILES string of the molecule is Cc1cccc(C)c1NC(=O)CCc1csc(-c2ccccn2)n1. The minimum absolute atomic E-state index is 0.0137. The molecule has 2 aromatic heterocycles. The Hall–Kier alpha value is -2.53. The van der Waals surface area contributed by atoms with E-state index in [-0.39, 0.29) is 5.91 Å². The number of hydrogen-bond donors (Lipinski definition) is 1. The van der Waals surface area contributed by atoms with Gasteiger partial charge in [-0.05, 0) is 43.5 Å². The van der Waals surface area contributed by atoms with Crippen molar-refractivity contribution in [3.8, 4) is 10.7 Å². The van der Waals surface area contributed by atoms with Gasteiger partial charge in [0.1, 0.15) is 5.01 Å². The van der Waals surface area contributed by atoms with Crippen LogP contribution < -0.4 is 5.32 Å². The maximum Gasteiger partial charge on any atom is 0.224 e. The van der Waals surface area contributed by atoms with Gasteiger partial charge >= 0.3 is 0 Å². The molecule has 0 aliphatic heterocycles. The Morgan fingerprint density at radius 2 is 1.92 bits per heavy atom. The van der Waals surface area contributed by atoms with E-state index in [0.29, 0.717) is 12.8 Å². The van der Waals surface area contributed by atoms with Crippen LogP contribution in [0, 0.1) is 13.8 Å². The summed E-state index contributed by atoms with van der Waals surface area (Å²) in [7, 11) is 0. The molecule has 0 bridgehead atoms. The van der Waals surface area contributed by atoms with Gasteiger partial charge in [-0.2, -0.15) is 0 Å². The number of anilines is 1. The van der Waals surface area contributed by atoms with Crippen molar-refractivity contribution in [2.45, 2.75) is 26.7 Å². The van der Waals surface area contributed by atoms with Crippen molar-refractivity contribution in [2.24, 2.45) is 0 Å². The summed E-state index contributed by atoms with van der Waals surface area (Å²) >= 11 is 1.56. The van der Waals surface area contributed by atoms with Crippen LogP contribution in [-0.2, 0) is 11.2 Å². The summed E-state index contributed by atoms with van der Waals surface area (Å²) in [6.45, 7) is 4.00. The molecule has 3 aromatic rings. The fourth-order valence-electron chi connectivity index (χ4n) is 2.48. The van der Waals surface area contributed by atoms with E-state index in [0.717, 1.165) is 33.2 Å². The van der Waals surface area contributed by atoms with E-state index in [9.17, 15) is 4.79 Å². The normalized spacial score (nSPS) is 10.6. The molecule has 24 heavy (non-hydrogen) atoms. The van der Waals surface area contributed by atoms with Crippen LogP contribution in [-0.4, -0.2) is 15.9 Å². The molecule has 122 valence electrons. The summed E-state index contributed by atoms with van der Waals surface area (Å²) in [5.74, 6) is 0.0137. The number of para-hydroxylation sites is 1. The standard InChI is InChI=1S/C19H19N3OS/c1-13-6-5-7-14(2)18(13)22-17(23)10-9-15-12-24-19(21-15)16-8-3-4-11-20-16/h3-8,11-12H,9-10H2,1-2H3,(H,22,23). The fraction of sp³-hybridized carbons (Fsp3) is 0.211. The van der Waals surface area contributed by atoms with Gasteiger partial charge in [0, 0.05) is 23.7 Å². The minimum atomic E-state index is 0.0137. The lowest BCUT2D eigenvalue weighted by Crippen LogP contribution is -2.14. The second kappa shape index (κ2) is 7.36. The molecule has 0 radical (unpaired) electrons. The van der Waals surface area contributed by atoms with Gasteiger partial charge in [0.2, 0.25) is 5.91 Å². The van der Waals surface area contributed by atoms with Gasteiger partial charge in [-0.3, -0.25) is 9.78 Å². The first-order valence-electron chi connectivity index (χ1n) is 7.85. The van der Waals surface area contributed by atoms with Gasteiger partial charge in [0.25, 0.3) is 0 Å². The van der Waals surface area contributed by atoms with Crippen LogP contribution in [0.25, 0.3) is 10.7 Å². The average molecular weight is 337 g/mol. The minimum Gasteiger partial charge on any atom is -0.326 e. The molecule has 3 rings (SSSR count). The number of aryl methyl sites for hydroxylation is 3. The second-order valence-electron chi connectivity index (χ2n) is 5.67. The number of nitrogens with one attached hydrogen (secondary N) is 1. The maximum atomic E-state index is 12.2. The van der Waals surface area contributed by atoms with Crippen molar-refractivity contribution in [1.82, 2.24) is 9.97 Å². The number of pyridine rings is 1. The van der Waals surface area contributed by atoms with E-state index in [4.69, 9.17) is 0 Å². The van der Waals surface area contributed by atoms with Crippen molar-refractivity contribution >= 4 is 22.9 Å². The molecular formula is C19H19N3OS. The lowest BCUT2D eigenvalue weighted by atomic mass is 10.1. The summed E-state index contributed by atoms with van der Waals surface area (Å²) in [6, 6.07) is 11.8. The lowest BCUT2D eigenvalue weighted by Gasteiger charge is -2.11. The van der Waals surface area contributed by atoms with Crippen LogP contribution in [0.5, 0.6) is 0 Å². The average Bonchev–Trinajstić information content (AvgIpc) is 3.06. The smallest absolute Gasteiger partial charge is 0.224 e.